The first-order valence-corrected chi connectivity index (χ1v) is 10.8. The van der Waals surface area contributed by atoms with Crippen LogP contribution in [0.3, 0.4) is 0 Å². The quantitative estimate of drug-likeness (QED) is 0.287. The van der Waals surface area contributed by atoms with Crippen LogP contribution in [0.25, 0.3) is 0 Å². The van der Waals surface area contributed by atoms with Gasteiger partial charge in [0.1, 0.15) is 0 Å². The molecule has 0 unspecified atom stereocenters. The lowest BCUT2D eigenvalue weighted by Crippen LogP contribution is -2.41. The molecular formula is C21H32Cl2N2O2. The zero-order valence-electron chi connectivity index (χ0n) is 16.3. The second-order valence-electron chi connectivity index (χ2n) is 6.91. The average molecular weight is 415 g/mol. The molecule has 152 valence electrons. The number of hydrazine groups is 1. The van der Waals surface area contributed by atoms with E-state index in [2.05, 4.69) is 17.8 Å². The second kappa shape index (κ2) is 14.8. The molecule has 0 saturated carbocycles. The summed E-state index contributed by atoms with van der Waals surface area (Å²) in [6.45, 7) is 2.24. The molecule has 2 N–H and O–H groups in total. The van der Waals surface area contributed by atoms with Gasteiger partial charge in [0.2, 0.25) is 5.91 Å². The van der Waals surface area contributed by atoms with Crippen molar-refractivity contribution in [2.45, 2.75) is 84.0 Å². The standard InChI is InChI=1S/C21H32Cl2N2O2/c1-2-3-4-5-6-7-8-9-10-11-12-13-20(26)24-25-21(27)18-15-14-17(22)16-19(18)23/h14-16H,2-13H2,1H3,(H,24,26)(H,25,27). The van der Waals surface area contributed by atoms with Crippen molar-refractivity contribution in [3.8, 4) is 0 Å². The minimum absolute atomic E-state index is 0.190. The van der Waals surface area contributed by atoms with Crippen molar-refractivity contribution in [3.05, 3.63) is 33.8 Å². The van der Waals surface area contributed by atoms with Gasteiger partial charge < -0.3 is 0 Å². The van der Waals surface area contributed by atoms with Crippen LogP contribution >= 0.6 is 23.2 Å². The van der Waals surface area contributed by atoms with Crippen molar-refractivity contribution in [1.82, 2.24) is 10.9 Å². The van der Waals surface area contributed by atoms with Crippen LogP contribution in [0.2, 0.25) is 10.0 Å². The molecule has 0 atom stereocenters. The van der Waals surface area contributed by atoms with E-state index in [0.29, 0.717) is 11.4 Å². The lowest BCUT2D eigenvalue weighted by atomic mass is 10.1. The third-order valence-corrected chi connectivity index (χ3v) is 5.05. The summed E-state index contributed by atoms with van der Waals surface area (Å²) in [4.78, 5) is 23.8. The van der Waals surface area contributed by atoms with Gasteiger partial charge in [0.05, 0.1) is 10.6 Å². The largest absolute Gasteiger partial charge is 0.273 e. The predicted octanol–water partition coefficient (Wildman–Crippen LogP) is 6.46. The molecule has 2 amide bonds. The van der Waals surface area contributed by atoms with Crippen molar-refractivity contribution in [1.29, 1.82) is 0 Å². The van der Waals surface area contributed by atoms with Crippen molar-refractivity contribution in [2.24, 2.45) is 0 Å². The number of nitrogens with one attached hydrogen (secondary N) is 2. The topological polar surface area (TPSA) is 58.2 Å². The van der Waals surface area contributed by atoms with E-state index in [1.165, 1.54) is 63.5 Å². The van der Waals surface area contributed by atoms with E-state index in [-0.39, 0.29) is 16.5 Å². The number of hydrogen-bond donors (Lipinski definition) is 2. The fraction of sp³-hybridized carbons (Fsp3) is 0.619. The summed E-state index contributed by atoms with van der Waals surface area (Å²) in [7, 11) is 0. The molecule has 0 aromatic heterocycles. The molecule has 6 heteroatoms. The highest BCUT2D eigenvalue weighted by Crippen LogP contribution is 2.20. The van der Waals surface area contributed by atoms with Gasteiger partial charge in [-0.3, -0.25) is 20.4 Å². The number of benzene rings is 1. The molecule has 0 saturated heterocycles. The van der Waals surface area contributed by atoms with Crippen molar-refractivity contribution in [2.75, 3.05) is 0 Å². The summed E-state index contributed by atoms with van der Waals surface area (Å²) in [5.74, 6) is -0.645. The van der Waals surface area contributed by atoms with Crippen LogP contribution in [-0.2, 0) is 4.79 Å². The number of amides is 2. The summed E-state index contributed by atoms with van der Waals surface area (Å²) in [6, 6.07) is 4.59. The molecule has 4 nitrogen and oxygen atoms in total. The van der Waals surface area contributed by atoms with Gasteiger partial charge in [-0.1, -0.05) is 94.3 Å². The highest BCUT2D eigenvalue weighted by Gasteiger charge is 2.11. The predicted molar refractivity (Wildman–Crippen MR) is 113 cm³/mol. The SMILES string of the molecule is CCCCCCCCCCCCCC(=O)NNC(=O)c1ccc(Cl)cc1Cl. The van der Waals surface area contributed by atoms with Crippen LogP contribution in [0.5, 0.6) is 0 Å². The van der Waals surface area contributed by atoms with Crippen LogP contribution in [0, 0.1) is 0 Å². The summed E-state index contributed by atoms with van der Waals surface area (Å²) in [5, 5.41) is 0.705. The molecule has 1 rings (SSSR count). The number of hydrogen-bond acceptors (Lipinski definition) is 2. The van der Waals surface area contributed by atoms with E-state index in [4.69, 9.17) is 23.2 Å². The number of unbranched alkanes of at least 4 members (excludes halogenated alkanes) is 10. The zero-order chi connectivity index (χ0) is 19.9. The molecule has 0 radical (unpaired) electrons. The second-order valence-corrected chi connectivity index (χ2v) is 7.76. The molecule has 1 aromatic rings. The number of rotatable bonds is 13. The van der Waals surface area contributed by atoms with Crippen molar-refractivity contribution < 1.29 is 9.59 Å². The molecule has 0 bridgehead atoms. The lowest BCUT2D eigenvalue weighted by Gasteiger charge is -2.08. The zero-order valence-corrected chi connectivity index (χ0v) is 17.8. The minimum atomic E-state index is -0.455. The lowest BCUT2D eigenvalue weighted by molar-refractivity contribution is -0.122. The number of carbonyl (C=O) groups excluding carboxylic acids is 2. The van der Waals surface area contributed by atoms with E-state index in [1.54, 1.807) is 6.07 Å². The fourth-order valence-corrected chi connectivity index (χ4v) is 3.37. The van der Waals surface area contributed by atoms with Gasteiger partial charge in [0.15, 0.2) is 0 Å². The van der Waals surface area contributed by atoms with Crippen molar-refractivity contribution >= 4 is 35.0 Å². The van der Waals surface area contributed by atoms with Crippen LogP contribution < -0.4 is 10.9 Å². The Morgan fingerprint density at radius 1 is 0.815 bits per heavy atom. The summed E-state index contributed by atoms with van der Waals surface area (Å²) in [5.41, 5.74) is 5.09. The molecular weight excluding hydrogens is 383 g/mol. The van der Waals surface area contributed by atoms with Crippen LogP contribution in [0.4, 0.5) is 0 Å². The van der Waals surface area contributed by atoms with E-state index >= 15 is 0 Å². The van der Waals surface area contributed by atoms with E-state index in [0.717, 1.165) is 19.3 Å². The Bertz CT molecular complexity index is 579. The van der Waals surface area contributed by atoms with E-state index in [1.807, 2.05) is 0 Å². The highest BCUT2D eigenvalue weighted by molar-refractivity contribution is 6.36. The minimum Gasteiger partial charge on any atom is -0.273 e. The van der Waals surface area contributed by atoms with Gasteiger partial charge in [-0.05, 0) is 24.6 Å². The molecule has 0 aliphatic carbocycles. The Morgan fingerprint density at radius 2 is 1.37 bits per heavy atom. The maximum atomic E-state index is 12.0. The highest BCUT2D eigenvalue weighted by atomic mass is 35.5. The Kier molecular flexibility index (Phi) is 13.0. The van der Waals surface area contributed by atoms with Gasteiger partial charge in [-0.2, -0.15) is 0 Å². The monoisotopic (exact) mass is 414 g/mol. The smallest absolute Gasteiger partial charge is 0.271 e. The van der Waals surface area contributed by atoms with Gasteiger partial charge in [-0.25, -0.2) is 0 Å². The van der Waals surface area contributed by atoms with Gasteiger partial charge in [0, 0.05) is 11.4 Å². The average Bonchev–Trinajstić information content (AvgIpc) is 2.64. The third kappa shape index (κ3) is 11.2. The fourth-order valence-electron chi connectivity index (χ4n) is 2.88. The van der Waals surface area contributed by atoms with Crippen molar-refractivity contribution in [3.63, 3.8) is 0 Å². The number of carbonyl (C=O) groups is 2. The molecule has 1 aromatic carbocycles. The molecule has 0 fully saturated rings. The molecule has 27 heavy (non-hydrogen) atoms. The first-order valence-electron chi connectivity index (χ1n) is 10.1. The maximum absolute atomic E-state index is 12.0. The third-order valence-electron chi connectivity index (χ3n) is 4.50. The maximum Gasteiger partial charge on any atom is 0.271 e. The molecule has 0 aliphatic rings. The molecule has 0 heterocycles. The normalized spacial score (nSPS) is 10.6. The molecule has 0 spiro atoms. The van der Waals surface area contributed by atoms with E-state index < -0.39 is 5.91 Å². The Balaban J connectivity index is 2.02. The Hall–Kier alpha value is -1.26. The first-order chi connectivity index (χ1) is 13.0. The van der Waals surface area contributed by atoms with Gasteiger partial charge >= 0.3 is 0 Å². The summed E-state index contributed by atoms with van der Waals surface area (Å²) in [6.07, 6.45) is 14.0. The van der Waals surface area contributed by atoms with E-state index in [9.17, 15) is 9.59 Å². The molecule has 0 aliphatic heterocycles. The first kappa shape index (κ1) is 23.8. The van der Waals surface area contributed by atoms with Crippen LogP contribution in [0.15, 0.2) is 18.2 Å². The number of halogens is 2. The Morgan fingerprint density at radius 3 is 1.93 bits per heavy atom. The van der Waals surface area contributed by atoms with Crippen LogP contribution in [-0.4, -0.2) is 11.8 Å². The van der Waals surface area contributed by atoms with Gasteiger partial charge in [-0.15, -0.1) is 0 Å². The van der Waals surface area contributed by atoms with Gasteiger partial charge in [0.25, 0.3) is 5.91 Å². The summed E-state index contributed by atoms with van der Waals surface area (Å²) >= 11 is 11.8. The van der Waals surface area contributed by atoms with Crippen LogP contribution in [0.1, 0.15) is 94.3 Å². The Labute approximate surface area is 173 Å². The summed E-state index contributed by atoms with van der Waals surface area (Å²) < 4.78 is 0.